The van der Waals surface area contributed by atoms with Crippen molar-refractivity contribution in [3.05, 3.63) is 0 Å². The number of aliphatic hydroxyl groups excluding tert-OH is 1. The molecule has 0 aromatic carbocycles. The second-order valence-corrected chi connectivity index (χ2v) is 4.85. The number of aliphatic carboxylic acids is 2. The minimum Gasteiger partial charge on any atom is -0.481 e. The van der Waals surface area contributed by atoms with E-state index in [1.54, 1.807) is 0 Å². The van der Waals surface area contributed by atoms with Gasteiger partial charge in [0.15, 0.2) is 0 Å². The molecule has 3 atom stereocenters. The first-order valence-electron chi connectivity index (χ1n) is 6.78. The molecule has 0 aliphatic rings. The van der Waals surface area contributed by atoms with Gasteiger partial charge in [-0.3, -0.25) is 19.2 Å². The predicted octanol–water partition coefficient (Wildman–Crippen LogP) is -3.90. The molecular formula is C12H20N4O8. The quantitative estimate of drug-likeness (QED) is 0.193. The number of aliphatic hydroxyl groups is 1. The Hall–Kier alpha value is -2.73. The van der Waals surface area contributed by atoms with E-state index in [4.69, 9.17) is 26.8 Å². The molecular weight excluding hydrogens is 328 g/mol. The van der Waals surface area contributed by atoms with Crippen LogP contribution < -0.4 is 22.1 Å². The summed E-state index contributed by atoms with van der Waals surface area (Å²) < 4.78 is 0. The van der Waals surface area contributed by atoms with Crippen LogP contribution in [0.5, 0.6) is 0 Å². The van der Waals surface area contributed by atoms with Crippen LogP contribution in [0.4, 0.5) is 0 Å². The lowest BCUT2D eigenvalue weighted by Crippen LogP contribution is -2.55. The van der Waals surface area contributed by atoms with Crippen LogP contribution in [-0.4, -0.2) is 69.7 Å². The third-order valence-corrected chi connectivity index (χ3v) is 2.84. The molecule has 0 aromatic heterocycles. The van der Waals surface area contributed by atoms with Crippen molar-refractivity contribution in [1.29, 1.82) is 0 Å². The lowest BCUT2D eigenvalue weighted by atomic mass is 10.1. The van der Waals surface area contributed by atoms with E-state index in [9.17, 15) is 24.0 Å². The van der Waals surface area contributed by atoms with Crippen molar-refractivity contribution < 1.29 is 39.3 Å². The predicted molar refractivity (Wildman–Crippen MR) is 77.2 cm³/mol. The first-order chi connectivity index (χ1) is 11.1. The van der Waals surface area contributed by atoms with Crippen LogP contribution >= 0.6 is 0 Å². The summed E-state index contributed by atoms with van der Waals surface area (Å²) in [5.74, 6) is -5.75. The average molecular weight is 348 g/mol. The maximum Gasteiger partial charge on any atom is 0.326 e. The van der Waals surface area contributed by atoms with E-state index in [0.717, 1.165) is 0 Å². The van der Waals surface area contributed by atoms with Crippen molar-refractivity contribution in [2.45, 2.75) is 37.4 Å². The number of carbonyl (C=O) groups is 5. The Morgan fingerprint density at radius 2 is 1.50 bits per heavy atom. The number of primary amides is 1. The molecule has 0 radical (unpaired) electrons. The molecule has 12 nitrogen and oxygen atoms in total. The van der Waals surface area contributed by atoms with E-state index >= 15 is 0 Å². The molecule has 0 unspecified atom stereocenters. The van der Waals surface area contributed by atoms with Crippen LogP contribution in [0, 0.1) is 0 Å². The van der Waals surface area contributed by atoms with Gasteiger partial charge < -0.3 is 37.4 Å². The minimum absolute atomic E-state index is 0.305. The van der Waals surface area contributed by atoms with Gasteiger partial charge >= 0.3 is 11.9 Å². The van der Waals surface area contributed by atoms with Crippen molar-refractivity contribution in [2.75, 3.05) is 6.61 Å². The average Bonchev–Trinajstić information content (AvgIpc) is 2.48. The van der Waals surface area contributed by atoms with Gasteiger partial charge in [-0.2, -0.15) is 0 Å². The number of carboxylic acids is 2. The molecule has 0 aliphatic carbocycles. The zero-order valence-corrected chi connectivity index (χ0v) is 12.6. The molecule has 0 saturated carbocycles. The van der Waals surface area contributed by atoms with Crippen LogP contribution in [0.25, 0.3) is 0 Å². The number of rotatable bonds is 11. The van der Waals surface area contributed by atoms with E-state index in [1.807, 2.05) is 10.6 Å². The summed E-state index contributed by atoms with van der Waals surface area (Å²) in [6.45, 7) is -0.733. The molecule has 0 saturated heterocycles. The smallest absolute Gasteiger partial charge is 0.326 e. The number of nitrogens with one attached hydrogen (secondary N) is 2. The summed E-state index contributed by atoms with van der Waals surface area (Å²) in [5.41, 5.74) is 10.1. The largest absolute Gasteiger partial charge is 0.481 e. The Bertz CT molecular complexity index is 509. The van der Waals surface area contributed by atoms with Crippen LogP contribution in [-0.2, 0) is 24.0 Å². The molecule has 0 heterocycles. The van der Waals surface area contributed by atoms with E-state index in [1.165, 1.54) is 0 Å². The molecule has 0 rings (SSSR count). The van der Waals surface area contributed by atoms with Gasteiger partial charge in [0.2, 0.25) is 17.7 Å². The highest BCUT2D eigenvalue weighted by atomic mass is 16.4. The molecule has 136 valence electrons. The number of hydrogen-bond acceptors (Lipinski definition) is 7. The molecule has 12 heteroatoms. The summed E-state index contributed by atoms with van der Waals surface area (Å²) in [6.07, 6.45) is -1.46. The molecule has 3 amide bonds. The number of hydrogen-bond donors (Lipinski definition) is 7. The van der Waals surface area contributed by atoms with Gasteiger partial charge in [0.05, 0.1) is 13.0 Å². The van der Waals surface area contributed by atoms with Crippen molar-refractivity contribution >= 4 is 29.7 Å². The zero-order valence-electron chi connectivity index (χ0n) is 12.6. The third-order valence-electron chi connectivity index (χ3n) is 2.84. The third kappa shape index (κ3) is 8.05. The maximum absolute atomic E-state index is 12.0. The summed E-state index contributed by atoms with van der Waals surface area (Å²) in [4.78, 5) is 56.1. The highest BCUT2D eigenvalue weighted by Gasteiger charge is 2.29. The summed E-state index contributed by atoms with van der Waals surface area (Å²) in [5, 5.41) is 30.5. The Labute approximate surface area is 136 Å². The van der Waals surface area contributed by atoms with Gasteiger partial charge in [-0.25, -0.2) is 4.79 Å². The Kier molecular flexibility index (Phi) is 8.97. The van der Waals surface area contributed by atoms with E-state index in [2.05, 4.69) is 0 Å². The zero-order chi connectivity index (χ0) is 18.9. The second-order valence-electron chi connectivity index (χ2n) is 4.85. The standard InChI is InChI=1S/C12H20N4O8/c13-5(4-17)10(21)16-7(3-9(19)20)11(22)15-6(12(23)24)1-2-8(14)18/h5-7,17H,1-4,13H2,(H2,14,18)(H,15,22)(H,16,21)(H,19,20)(H,23,24)/t5-,6-,7-/m0/s1. The van der Waals surface area contributed by atoms with Gasteiger partial charge in [0, 0.05) is 6.42 Å². The van der Waals surface area contributed by atoms with Gasteiger partial charge in [-0.15, -0.1) is 0 Å². The van der Waals surface area contributed by atoms with Crippen molar-refractivity contribution in [2.24, 2.45) is 11.5 Å². The Morgan fingerprint density at radius 1 is 0.958 bits per heavy atom. The number of carbonyl (C=O) groups excluding carboxylic acids is 3. The SMILES string of the molecule is NC(=O)CC[C@H](NC(=O)[C@H](CC(=O)O)NC(=O)[C@@H](N)CO)C(=O)O. The van der Waals surface area contributed by atoms with Crippen molar-refractivity contribution in [3.63, 3.8) is 0 Å². The molecule has 0 aliphatic heterocycles. The molecule has 9 N–H and O–H groups in total. The van der Waals surface area contributed by atoms with Gasteiger partial charge in [0.25, 0.3) is 0 Å². The van der Waals surface area contributed by atoms with Gasteiger partial charge in [-0.05, 0) is 6.42 Å². The topological polar surface area (TPSA) is 222 Å². The number of amides is 3. The monoisotopic (exact) mass is 348 g/mol. The first-order valence-corrected chi connectivity index (χ1v) is 6.78. The molecule has 0 aromatic rings. The van der Waals surface area contributed by atoms with Gasteiger partial charge in [-0.1, -0.05) is 0 Å². The van der Waals surface area contributed by atoms with Crippen LogP contribution in [0.2, 0.25) is 0 Å². The first kappa shape index (κ1) is 21.3. The lowest BCUT2D eigenvalue weighted by molar-refractivity contribution is -0.143. The van der Waals surface area contributed by atoms with E-state index < -0.39 is 60.8 Å². The fourth-order valence-corrected chi connectivity index (χ4v) is 1.56. The summed E-state index contributed by atoms with van der Waals surface area (Å²) in [6, 6.07) is -4.48. The van der Waals surface area contributed by atoms with Crippen molar-refractivity contribution in [3.8, 4) is 0 Å². The normalized spacial score (nSPS) is 14.1. The van der Waals surface area contributed by atoms with E-state index in [-0.39, 0.29) is 12.8 Å². The van der Waals surface area contributed by atoms with Crippen LogP contribution in [0.3, 0.4) is 0 Å². The van der Waals surface area contributed by atoms with Crippen LogP contribution in [0.1, 0.15) is 19.3 Å². The Morgan fingerprint density at radius 3 is 1.92 bits per heavy atom. The van der Waals surface area contributed by atoms with E-state index in [0.29, 0.717) is 0 Å². The maximum atomic E-state index is 12.0. The molecule has 0 bridgehead atoms. The molecule has 0 spiro atoms. The van der Waals surface area contributed by atoms with Gasteiger partial charge in [0.1, 0.15) is 18.1 Å². The molecule has 0 fully saturated rings. The minimum atomic E-state index is -1.61. The number of carboxylic acid groups (broad SMARTS) is 2. The van der Waals surface area contributed by atoms with Crippen molar-refractivity contribution in [1.82, 2.24) is 10.6 Å². The second kappa shape index (κ2) is 10.1. The fourth-order valence-electron chi connectivity index (χ4n) is 1.56. The summed E-state index contributed by atoms with van der Waals surface area (Å²) >= 11 is 0. The lowest BCUT2D eigenvalue weighted by Gasteiger charge is -2.21. The Balaban J connectivity index is 5.00. The summed E-state index contributed by atoms with van der Waals surface area (Å²) in [7, 11) is 0. The number of nitrogens with two attached hydrogens (primary N) is 2. The molecule has 24 heavy (non-hydrogen) atoms. The van der Waals surface area contributed by atoms with Crippen LogP contribution in [0.15, 0.2) is 0 Å². The highest BCUT2D eigenvalue weighted by Crippen LogP contribution is 2.01. The highest BCUT2D eigenvalue weighted by molar-refractivity contribution is 5.94. The fraction of sp³-hybridized carbons (Fsp3) is 0.583.